The van der Waals surface area contributed by atoms with Gasteiger partial charge in [-0.25, -0.2) is 23.1 Å². The second kappa shape index (κ2) is 8.02. The van der Waals surface area contributed by atoms with Crippen LogP contribution >= 0.6 is 0 Å². The monoisotopic (exact) mass is 344 g/mol. The van der Waals surface area contributed by atoms with Gasteiger partial charge in [-0.15, -0.1) is 0 Å². The van der Waals surface area contributed by atoms with Crippen molar-refractivity contribution >= 4 is 27.6 Å². The third-order valence-electron chi connectivity index (χ3n) is 2.77. The normalized spacial score (nSPS) is 11.7. The van der Waals surface area contributed by atoms with Crippen molar-refractivity contribution < 1.29 is 13.2 Å². The summed E-state index contributed by atoms with van der Waals surface area (Å²) in [4.78, 5) is 19.3. The highest BCUT2D eigenvalue weighted by atomic mass is 32.2. The van der Waals surface area contributed by atoms with E-state index in [-0.39, 0.29) is 16.8 Å². The smallest absolute Gasteiger partial charge is 0.264 e. The van der Waals surface area contributed by atoms with Crippen molar-refractivity contribution in [3.8, 4) is 0 Å². The summed E-state index contributed by atoms with van der Waals surface area (Å²) in [6.07, 6.45) is 9.38. The molecule has 7 nitrogen and oxygen atoms in total. The summed E-state index contributed by atoms with van der Waals surface area (Å²) in [6, 6.07) is 7.36. The molecule has 2 rings (SSSR count). The van der Waals surface area contributed by atoms with Crippen LogP contribution in [-0.2, 0) is 14.8 Å². The Morgan fingerprint density at radius 1 is 1.08 bits per heavy atom. The van der Waals surface area contributed by atoms with E-state index in [2.05, 4.69) is 20.0 Å². The third kappa shape index (κ3) is 5.03. The Kier molecular flexibility index (Phi) is 5.80. The van der Waals surface area contributed by atoms with Gasteiger partial charge in [0, 0.05) is 24.2 Å². The second-order valence-corrected chi connectivity index (χ2v) is 6.26. The first-order chi connectivity index (χ1) is 11.5. The average Bonchev–Trinajstić information content (AvgIpc) is 2.56. The van der Waals surface area contributed by atoms with Crippen molar-refractivity contribution in [1.29, 1.82) is 0 Å². The molecule has 0 saturated carbocycles. The molecule has 24 heavy (non-hydrogen) atoms. The lowest BCUT2D eigenvalue weighted by Gasteiger charge is -2.07. The minimum atomic E-state index is -3.79. The van der Waals surface area contributed by atoms with Gasteiger partial charge in [0.15, 0.2) is 0 Å². The van der Waals surface area contributed by atoms with Crippen molar-refractivity contribution in [2.24, 2.45) is 0 Å². The molecule has 0 unspecified atom stereocenters. The summed E-state index contributed by atoms with van der Waals surface area (Å²) in [5.74, 6) is -0.316. The summed E-state index contributed by atoms with van der Waals surface area (Å²) in [5, 5.41) is 2.63. The molecule has 0 aliphatic rings. The molecule has 1 aromatic heterocycles. The van der Waals surface area contributed by atoms with E-state index in [9.17, 15) is 13.2 Å². The van der Waals surface area contributed by atoms with Crippen molar-refractivity contribution in [1.82, 2.24) is 9.97 Å². The predicted octanol–water partition coefficient (Wildman–Crippen LogP) is 2.35. The fourth-order valence-electron chi connectivity index (χ4n) is 1.69. The molecule has 1 aromatic carbocycles. The number of carbonyl (C=O) groups excluding carboxylic acids is 1. The quantitative estimate of drug-likeness (QED) is 0.619. The molecule has 1 heterocycles. The molecule has 0 atom stereocenters. The fraction of sp³-hybridized carbons (Fsp3) is 0.0625. The zero-order valence-electron chi connectivity index (χ0n) is 12.9. The Bertz CT molecular complexity index is 845. The van der Waals surface area contributed by atoms with Crippen LogP contribution in [0.25, 0.3) is 0 Å². The molecule has 1 amide bonds. The third-order valence-corrected chi connectivity index (χ3v) is 4.12. The van der Waals surface area contributed by atoms with Gasteiger partial charge in [-0.1, -0.05) is 18.2 Å². The van der Waals surface area contributed by atoms with E-state index in [1.54, 1.807) is 24.3 Å². The largest absolute Gasteiger partial charge is 0.323 e. The van der Waals surface area contributed by atoms with Crippen LogP contribution in [0.4, 0.5) is 11.6 Å². The number of carbonyl (C=O) groups is 1. The number of sulfonamides is 1. The molecule has 124 valence electrons. The SMILES string of the molecule is CC=CC=CC(=O)Nc1ccc(S(=O)(=O)Nc2ncccn2)cc1. The molecule has 0 aliphatic heterocycles. The molecule has 0 radical (unpaired) electrons. The highest BCUT2D eigenvalue weighted by Gasteiger charge is 2.15. The van der Waals surface area contributed by atoms with Gasteiger partial charge in [0.25, 0.3) is 10.0 Å². The van der Waals surface area contributed by atoms with Gasteiger partial charge in [-0.2, -0.15) is 0 Å². The zero-order valence-corrected chi connectivity index (χ0v) is 13.7. The zero-order chi connectivity index (χ0) is 17.4. The van der Waals surface area contributed by atoms with Gasteiger partial charge >= 0.3 is 0 Å². The summed E-state index contributed by atoms with van der Waals surface area (Å²) in [7, 11) is -3.79. The minimum Gasteiger partial charge on any atom is -0.323 e. The van der Waals surface area contributed by atoms with Gasteiger partial charge in [-0.3, -0.25) is 4.79 Å². The lowest BCUT2D eigenvalue weighted by Crippen LogP contribution is -2.15. The predicted molar refractivity (Wildman–Crippen MR) is 91.9 cm³/mol. The van der Waals surface area contributed by atoms with E-state index in [1.165, 1.54) is 42.7 Å². The van der Waals surface area contributed by atoms with Crippen LogP contribution in [0.5, 0.6) is 0 Å². The maximum absolute atomic E-state index is 12.2. The van der Waals surface area contributed by atoms with Gasteiger partial charge in [-0.05, 0) is 37.3 Å². The van der Waals surface area contributed by atoms with Gasteiger partial charge in [0.1, 0.15) is 0 Å². The number of nitrogens with one attached hydrogen (secondary N) is 2. The lowest BCUT2D eigenvalue weighted by atomic mass is 10.3. The molecular formula is C16H16N4O3S. The number of rotatable bonds is 6. The average molecular weight is 344 g/mol. The van der Waals surface area contributed by atoms with E-state index in [1.807, 2.05) is 6.92 Å². The summed E-state index contributed by atoms with van der Waals surface area (Å²) >= 11 is 0. The van der Waals surface area contributed by atoms with Crippen molar-refractivity contribution in [3.63, 3.8) is 0 Å². The van der Waals surface area contributed by atoms with Gasteiger partial charge in [0.2, 0.25) is 11.9 Å². The Balaban J connectivity index is 2.07. The maximum atomic E-state index is 12.2. The Morgan fingerprint density at radius 3 is 2.38 bits per heavy atom. The number of hydrogen-bond acceptors (Lipinski definition) is 5. The summed E-state index contributed by atoms with van der Waals surface area (Å²) in [6.45, 7) is 1.84. The van der Waals surface area contributed by atoms with Crippen LogP contribution in [0.15, 0.2) is 71.9 Å². The van der Waals surface area contributed by atoms with E-state index in [0.717, 1.165) is 0 Å². The Hall–Kier alpha value is -3.00. The summed E-state index contributed by atoms with van der Waals surface area (Å²) < 4.78 is 26.7. The number of benzene rings is 1. The standard InChI is InChI=1S/C16H16N4O3S/c1-2-3-4-6-15(21)19-13-7-9-14(10-8-13)24(22,23)20-16-17-11-5-12-18-16/h2-12H,1H3,(H,19,21)(H,17,18,20). The molecular weight excluding hydrogens is 328 g/mol. The lowest BCUT2D eigenvalue weighted by molar-refractivity contribution is -0.111. The van der Waals surface area contributed by atoms with Crippen LogP contribution in [0, 0.1) is 0 Å². The summed E-state index contributed by atoms with van der Waals surface area (Å²) in [5.41, 5.74) is 0.486. The first kappa shape index (κ1) is 17.4. The van der Waals surface area contributed by atoms with Crippen LogP contribution in [0.1, 0.15) is 6.92 Å². The number of allylic oxidation sites excluding steroid dienone is 3. The van der Waals surface area contributed by atoms with E-state index in [4.69, 9.17) is 0 Å². The molecule has 0 spiro atoms. The number of hydrogen-bond donors (Lipinski definition) is 2. The topological polar surface area (TPSA) is 101 Å². The molecule has 0 saturated heterocycles. The number of nitrogens with zero attached hydrogens (tertiary/aromatic N) is 2. The number of aromatic nitrogens is 2. The van der Waals surface area contributed by atoms with Crippen molar-refractivity contribution in [2.45, 2.75) is 11.8 Å². The van der Waals surface area contributed by atoms with Crippen LogP contribution in [0.2, 0.25) is 0 Å². The van der Waals surface area contributed by atoms with E-state index in [0.29, 0.717) is 5.69 Å². The van der Waals surface area contributed by atoms with Crippen LogP contribution in [0.3, 0.4) is 0 Å². The minimum absolute atomic E-state index is 0.0102. The second-order valence-electron chi connectivity index (χ2n) is 4.58. The van der Waals surface area contributed by atoms with Crippen LogP contribution in [-0.4, -0.2) is 24.3 Å². The maximum Gasteiger partial charge on any atom is 0.264 e. The molecule has 2 N–H and O–H groups in total. The molecule has 8 heteroatoms. The first-order valence-corrected chi connectivity index (χ1v) is 8.50. The van der Waals surface area contributed by atoms with Gasteiger partial charge < -0.3 is 5.32 Å². The van der Waals surface area contributed by atoms with E-state index < -0.39 is 10.0 Å². The first-order valence-electron chi connectivity index (χ1n) is 7.01. The van der Waals surface area contributed by atoms with E-state index >= 15 is 0 Å². The molecule has 2 aromatic rings. The molecule has 0 bridgehead atoms. The Morgan fingerprint density at radius 2 is 1.75 bits per heavy atom. The van der Waals surface area contributed by atoms with Crippen molar-refractivity contribution in [2.75, 3.05) is 10.0 Å². The van der Waals surface area contributed by atoms with Gasteiger partial charge in [0.05, 0.1) is 4.90 Å². The number of amides is 1. The fourth-order valence-corrected chi connectivity index (χ4v) is 2.64. The Labute approximate surface area is 140 Å². The number of anilines is 2. The molecule has 0 fully saturated rings. The van der Waals surface area contributed by atoms with Crippen LogP contribution < -0.4 is 10.0 Å². The van der Waals surface area contributed by atoms with Crippen molar-refractivity contribution in [3.05, 3.63) is 67.0 Å². The molecule has 0 aliphatic carbocycles. The highest BCUT2D eigenvalue weighted by molar-refractivity contribution is 7.92. The highest BCUT2D eigenvalue weighted by Crippen LogP contribution is 2.16.